The minimum atomic E-state index is -0.619. The van der Waals surface area contributed by atoms with Gasteiger partial charge in [-0.05, 0) is 42.7 Å². The van der Waals surface area contributed by atoms with E-state index in [0.29, 0.717) is 18.7 Å². The third-order valence-corrected chi connectivity index (χ3v) is 4.10. The molecule has 2 amide bonds. The summed E-state index contributed by atoms with van der Waals surface area (Å²) in [6, 6.07) is 12.4. The maximum absolute atomic E-state index is 13.2. The van der Waals surface area contributed by atoms with Crippen molar-refractivity contribution in [2.75, 3.05) is 18.4 Å². The lowest BCUT2D eigenvalue weighted by molar-refractivity contribution is 0.000844. The molecule has 1 heterocycles. The first-order valence-electron chi connectivity index (χ1n) is 8.28. The van der Waals surface area contributed by atoms with Crippen molar-refractivity contribution < 1.29 is 18.3 Å². The average Bonchev–Trinajstić information content (AvgIpc) is 2.60. The van der Waals surface area contributed by atoms with Crippen molar-refractivity contribution in [3.63, 3.8) is 0 Å². The number of ether oxygens (including phenoxy) is 1. The van der Waals surface area contributed by atoms with Gasteiger partial charge in [0.25, 0.3) is 0 Å². The van der Waals surface area contributed by atoms with Gasteiger partial charge in [-0.15, -0.1) is 0 Å². The third kappa shape index (κ3) is 5.00. The van der Waals surface area contributed by atoms with Crippen molar-refractivity contribution in [3.05, 3.63) is 65.7 Å². The molecule has 1 N–H and O–H groups in total. The van der Waals surface area contributed by atoms with E-state index in [-0.39, 0.29) is 18.7 Å². The summed E-state index contributed by atoms with van der Waals surface area (Å²) in [5, 5.41) is 2.85. The zero-order valence-corrected chi connectivity index (χ0v) is 13.8. The summed E-state index contributed by atoms with van der Waals surface area (Å²) in [5.41, 5.74) is 1.19. The first-order valence-corrected chi connectivity index (χ1v) is 8.28. The first kappa shape index (κ1) is 17.4. The van der Waals surface area contributed by atoms with Crippen molar-refractivity contribution in [1.82, 2.24) is 4.90 Å². The molecule has 1 aliphatic heterocycles. The van der Waals surface area contributed by atoms with E-state index in [9.17, 15) is 13.6 Å². The Balaban J connectivity index is 1.53. The van der Waals surface area contributed by atoms with Gasteiger partial charge in [0.1, 0.15) is 11.6 Å². The number of likely N-dealkylation sites (tertiary alicyclic amines) is 1. The largest absolute Gasteiger partial charge is 0.372 e. The van der Waals surface area contributed by atoms with Gasteiger partial charge in [0, 0.05) is 24.8 Å². The molecule has 4 nitrogen and oxygen atoms in total. The highest BCUT2D eigenvalue weighted by atomic mass is 19.1. The van der Waals surface area contributed by atoms with E-state index in [0.717, 1.165) is 24.6 Å². The van der Waals surface area contributed by atoms with Crippen molar-refractivity contribution in [2.45, 2.75) is 25.6 Å². The van der Waals surface area contributed by atoms with Crippen LogP contribution in [-0.4, -0.2) is 30.1 Å². The molecule has 6 heteroatoms. The Kier molecular flexibility index (Phi) is 5.60. The van der Waals surface area contributed by atoms with Crippen LogP contribution < -0.4 is 5.32 Å². The SMILES string of the molecule is O=C(Nc1ccccc1)N1CCCC(OCc2cc(F)cc(F)c2)C1. The van der Waals surface area contributed by atoms with Crippen LogP contribution in [-0.2, 0) is 11.3 Å². The molecular formula is C19H20F2N2O2. The van der Waals surface area contributed by atoms with Gasteiger partial charge in [0.05, 0.1) is 12.7 Å². The Labute approximate surface area is 145 Å². The molecule has 1 fully saturated rings. The smallest absolute Gasteiger partial charge is 0.321 e. The predicted octanol–water partition coefficient (Wildman–Crippen LogP) is 4.18. The molecule has 0 radical (unpaired) electrons. The van der Waals surface area contributed by atoms with Gasteiger partial charge in [-0.25, -0.2) is 13.6 Å². The normalized spacial score (nSPS) is 17.4. The number of benzene rings is 2. The van der Waals surface area contributed by atoms with Crippen LogP contribution >= 0.6 is 0 Å². The van der Waals surface area contributed by atoms with Crippen molar-refractivity contribution in [3.8, 4) is 0 Å². The Bertz CT molecular complexity index is 704. The molecule has 25 heavy (non-hydrogen) atoms. The fourth-order valence-electron chi connectivity index (χ4n) is 2.89. The molecule has 3 rings (SSSR count). The Hall–Kier alpha value is -2.47. The number of para-hydroxylation sites is 1. The van der Waals surface area contributed by atoms with Crippen LogP contribution in [0.5, 0.6) is 0 Å². The summed E-state index contributed by atoms with van der Waals surface area (Å²) in [7, 11) is 0. The van der Waals surface area contributed by atoms with E-state index in [2.05, 4.69) is 5.32 Å². The number of hydrogen-bond acceptors (Lipinski definition) is 2. The molecule has 0 aliphatic carbocycles. The number of rotatable bonds is 4. The second kappa shape index (κ2) is 8.07. The minimum Gasteiger partial charge on any atom is -0.372 e. The van der Waals surface area contributed by atoms with E-state index >= 15 is 0 Å². The zero-order chi connectivity index (χ0) is 17.6. The highest BCUT2D eigenvalue weighted by Crippen LogP contribution is 2.17. The van der Waals surface area contributed by atoms with E-state index < -0.39 is 11.6 Å². The number of halogens is 2. The lowest BCUT2D eigenvalue weighted by atomic mass is 10.1. The molecule has 0 bridgehead atoms. The van der Waals surface area contributed by atoms with Gasteiger partial charge < -0.3 is 15.0 Å². The summed E-state index contributed by atoms with van der Waals surface area (Å²) in [6.07, 6.45) is 1.48. The summed E-state index contributed by atoms with van der Waals surface area (Å²) < 4.78 is 32.2. The van der Waals surface area contributed by atoms with Crippen LogP contribution in [0.15, 0.2) is 48.5 Å². The number of carbonyl (C=O) groups is 1. The molecule has 0 saturated carbocycles. The molecule has 1 unspecified atom stereocenters. The molecule has 2 aromatic rings. The number of nitrogens with one attached hydrogen (secondary N) is 1. The van der Waals surface area contributed by atoms with Crippen molar-refractivity contribution in [1.29, 1.82) is 0 Å². The fraction of sp³-hybridized carbons (Fsp3) is 0.316. The first-order chi connectivity index (χ1) is 12.1. The van der Waals surface area contributed by atoms with E-state index in [1.54, 1.807) is 4.90 Å². The van der Waals surface area contributed by atoms with Gasteiger partial charge in [-0.1, -0.05) is 18.2 Å². The Morgan fingerprint density at radius 2 is 1.88 bits per heavy atom. The predicted molar refractivity (Wildman–Crippen MR) is 91.2 cm³/mol. The number of hydrogen-bond donors (Lipinski definition) is 1. The number of amides is 2. The molecule has 132 valence electrons. The summed E-state index contributed by atoms with van der Waals surface area (Å²) >= 11 is 0. The quantitative estimate of drug-likeness (QED) is 0.902. The number of nitrogens with zero attached hydrogens (tertiary/aromatic N) is 1. The monoisotopic (exact) mass is 346 g/mol. The third-order valence-electron chi connectivity index (χ3n) is 4.10. The average molecular weight is 346 g/mol. The minimum absolute atomic E-state index is 0.119. The Morgan fingerprint density at radius 3 is 2.60 bits per heavy atom. The lowest BCUT2D eigenvalue weighted by Crippen LogP contribution is -2.45. The molecule has 0 aromatic heterocycles. The highest BCUT2D eigenvalue weighted by molar-refractivity contribution is 5.89. The Morgan fingerprint density at radius 1 is 1.16 bits per heavy atom. The maximum atomic E-state index is 13.2. The van der Waals surface area contributed by atoms with Gasteiger partial charge in [0.2, 0.25) is 0 Å². The van der Waals surface area contributed by atoms with Crippen LogP contribution in [0, 0.1) is 11.6 Å². The van der Waals surface area contributed by atoms with Gasteiger partial charge in [0.15, 0.2) is 0 Å². The summed E-state index contributed by atoms with van der Waals surface area (Å²) in [4.78, 5) is 14.0. The number of carbonyl (C=O) groups excluding carboxylic acids is 1. The molecular weight excluding hydrogens is 326 g/mol. The zero-order valence-electron chi connectivity index (χ0n) is 13.8. The number of anilines is 1. The van der Waals surface area contributed by atoms with E-state index in [1.807, 2.05) is 30.3 Å². The highest BCUT2D eigenvalue weighted by Gasteiger charge is 2.24. The maximum Gasteiger partial charge on any atom is 0.321 e. The van der Waals surface area contributed by atoms with Gasteiger partial charge in [-0.2, -0.15) is 0 Å². The van der Waals surface area contributed by atoms with Crippen molar-refractivity contribution in [2.24, 2.45) is 0 Å². The lowest BCUT2D eigenvalue weighted by Gasteiger charge is -2.32. The van der Waals surface area contributed by atoms with E-state index in [4.69, 9.17) is 4.74 Å². The summed E-state index contributed by atoms with van der Waals surface area (Å²) in [5.74, 6) is -1.24. The molecule has 1 aliphatic rings. The topological polar surface area (TPSA) is 41.6 Å². The molecule has 0 spiro atoms. The molecule has 1 atom stereocenters. The molecule has 1 saturated heterocycles. The second-order valence-corrected chi connectivity index (χ2v) is 6.10. The van der Waals surface area contributed by atoms with Crippen LogP contribution in [0.4, 0.5) is 19.3 Å². The number of urea groups is 1. The molecule has 2 aromatic carbocycles. The van der Waals surface area contributed by atoms with Gasteiger partial charge >= 0.3 is 6.03 Å². The number of piperidine rings is 1. The van der Waals surface area contributed by atoms with Crippen LogP contribution in [0.25, 0.3) is 0 Å². The van der Waals surface area contributed by atoms with Gasteiger partial charge in [-0.3, -0.25) is 0 Å². The van der Waals surface area contributed by atoms with E-state index in [1.165, 1.54) is 12.1 Å². The van der Waals surface area contributed by atoms with Crippen molar-refractivity contribution >= 4 is 11.7 Å². The van der Waals surface area contributed by atoms with Crippen LogP contribution in [0.1, 0.15) is 18.4 Å². The second-order valence-electron chi connectivity index (χ2n) is 6.10. The van der Waals surface area contributed by atoms with Crippen LogP contribution in [0.3, 0.4) is 0 Å². The summed E-state index contributed by atoms with van der Waals surface area (Å²) in [6.45, 7) is 1.23. The fourth-order valence-corrected chi connectivity index (χ4v) is 2.89. The standard InChI is InChI=1S/C19H20F2N2O2/c20-15-9-14(10-16(21)11-15)13-25-18-7-4-8-23(12-18)19(24)22-17-5-2-1-3-6-17/h1-3,5-6,9-11,18H,4,7-8,12-13H2,(H,22,24). The van der Waals surface area contributed by atoms with Crippen LogP contribution in [0.2, 0.25) is 0 Å².